The number of hydrogen-bond acceptors (Lipinski definition) is 4. The van der Waals surface area contributed by atoms with E-state index in [0.29, 0.717) is 5.69 Å². The summed E-state index contributed by atoms with van der Waals surface area (Å²) < 4.78 is 24.1. The van der Waals surface area contributed by atoms with Gasteiger partial charge in [0.15, 0.2) is 0 Å². The molecule has 0 atom stereocenters. The van der Waals surface area contributed by atoms with Crippen molar-refractivity contribution in [2.75, 3.05) is 17.5 Å². The molecule has 5 nitrogen and oxygen atoms in total. The summed E-state index contributed by atoms with van der Waals surface area (Å²) in [6.07, 6.45) is 1.06. The van der Waals surface area contributed by atoms with E-state index >= 15 is 0 Å². The molecule has 3 N–H and O–H groups in total. The summed E-state index contributed by atoms with van der Waals surface area (Å²) in [6.45, 7) is 0.241. The van der Waals surface area contributed by atoms with E-state index in [4.69, 9.17) is 5.73 Å². The minimum Gasteiger partial charge on any atom is -0.320 e. The zero-order valence-electron chi connectivity index (χ0n) is 8.19. The molecule has 0 saturated carbocycles. The standard InChI is InChI=1S/C9H11N3O2S/c1-15(13,14)12-9-6-2-4-8(11-9)5-3-7-10/h2,4,6H,7,10H2,1H3,(H,11,12). The molecule has 0 aromatic carbocycles. The zero-order valence-corrected chi connectivity index (χ0v) is 9.00. The van der Waals surface area contributed by atoms with Gasteiger partial charge in [-0.1, -0.05) is 12.0 Å². The lowest BCUT2D eigenvalue weighted by Crippen LogP contribution is -2.10. The predicted octanol–water partition coefficient (Wildman–Crippen LogP) is -0.237. The van der Waals surface area contributed by atoms with E-state index in [-0.39, 0.29) is 12.4 Å². The van der Waals surface area contributed by atoms with Crippen LogP contribution in [0.4, 0.5) is 5.82 Å². The van der Waals surface area contributed by atoms with Crippen LogP contribution in [0.1, 0.15) is 5.69 Å². The normalized spacial score (nSPS) is 10.3. The van der Waals surface area contributed by atoms with Crippen molar-refractivity contribution in [3.05, 3.63) is 23.9 Å². The monoisotopic (exact) mass is 225 g/mol. The average molecular weight is 225 g/mol. The molecule has 0 bridgehead atoms. The number of pyridine rings is 1. The van der Waals surface area contributed by atoms with E-state index < -0.39 is 10.0 Å². The Kier molecular flexibility index (Phi) is 3.66. The van der Waals surface area contributed by atoms with Gasteiger partial charge in [0.1, 0.15) is 11.5 Å². The molecule has 6 heteroatoms. The SMILES string of the molecule is CS(=O)(=O)Nc1cccc(C#CCN)n1. The van der Waals surface area contributed by atoms with Crippen LogP contribution in [-0.2, 0) is 10.0 Å². The van der Waals surface area contributed by atoms with Gasteiger partial charge in [-0.05, 0) is 18.1 Å². The van der Waals surface area contributed by atoms with Crippen molar-refractivity contribution in [1.29, 1.82) is 0 Å². The van der Waals surface area contributed by atoms with Gasteiger partial charge in [-0.25, -0.2) is 13.4 Å². The molecule has 80 valence electrons. The quantitative estimate of drug-likeness (QED) is 0.680. The van der Waals surface area contributed by atoms with Crippen molar-refractivity contribution in [3.63, 3.8) is 0 Å². The highest BCUT2D eigenvalue weighted by atomic mass is 32.2. The highest BCUT2D eigenvalue weighted by molar-refractivity contribution is 7.92. The number of nitrogens with two attached hydrogens (primary N) is 1. The molecule has 0 radical (unpaired) electrons. The van der Waals surface area contributed by atoms with Gasteiger partial charge in [0.25, 0.3) is 0 Å². The second kappa shape index (κ2) is 4.77. The number of hydrogen-bond donors (Lipinski definition) is 2. The summed E-state index contributed by atoms with van der Waals surface area (Å²) in [4.78, 5) is 3.98. The van der Waals surface area contributed by atoms with E-state index in [1.165, 1.54) is 0 Å². The fraction of sp³-hybridized carbons (Fsp3) is 0.222. The number of rotatable bonds is 2. The number of nitrogens with one attached hydrogen (secondary N) is 1. The van der Waals surface area contributed by atoms with E-state index in [9.17, 15) is 8.42 Å². The third kappa shape index (κ3) is 4.44. The first-order valence-corrected chi connectivity index (χ1v) is 6.04. The van der Waals surface area contributed by atoms with E-state index in [0.717, 1.165) is 6.26 Å². The molecule has 0 spiro atoms. The van der Waals surface area contributed by atoms with Crippen LogP contribution in [0.15, 0.2) is 18.2 Å². The summed E-state index contributed by atoms with van der Waals surface area (Å²) in [5, 5.41) is 0. The van der Waals surface area contributed by atoms with Gasteiger partial charge in [0.2, 0.25) is 10.0 Å². The summed E-state index contributed by atoms with van der Waals surface area (Å²) in [7, 11) is -3.30. The fourth-order valence-corrected chi connectivity index (χ4v) is 1.39. The molecule has 0 aliphatic rings. The maximum atomic E-state index is 10.9. The molecule has 0 saturated heterocycles. The molecule has 0 amide bonds. The van der Waals surface area contributed by atoms with Gasteiger partial charge in [0.05, 0.1) is 12.8 Å². The molecule has 1 heterocycles. The number of nitrogens with zero attached hydrogens (tertiary/aromatic N) is 1. The van der Waals surface area contributed by atoms with Crippen LogP contribution in [0.25, 0.3) is 0 Å². The van der Waals surface area contributed by atoms with E-state index in [1.54, 1.807) is 18.2 Å². The summed E-state index contributed by atoms with van der Waals surface area (Å²) >= 11 is 0. The van der Waals surface area contributed by atoms with Crippen LogP contribution in [0, 0.1) is 11.8 Å². The van der Waals surface area contributed by atoms with Gasteiger partial charge >= 0.3 is 0 Å². The first-order chi connectivity index (χ1) is 7.01. The predicted molar refractivity (Wildman–Crippen MR) is 58.6 cm³/mol. The lowest BCUT2D eigenvalue weighted by molar-refractivity contribution is 0.606. The molecule has 1 rings (SSSR count). The number of anilines is 1. The van der Waals surface area contributed by atoms with Gasteiger partial charge in [-0.15, -0.1) is 0 Å². The third-order valence-electron chi connectivity index (χ3n) is 1.36. The number of aromatic nitrogens is 1. The Bertz CT molecular complexity index is 500. The maximum absolute atomic E-state index is 10.9. The van der Waals surface area contributed by atoms with Gasteiger partial charge in [-0.3, -0.25) is 4.72 Å². The minimum atomic E-state index is -3.30. The molecule has 0 aliphatic heterocycles. The Morgan fingerprint density at radius 2 is 2.27 bits per heavy atom. The lowest BCUT2D eigenvalue weighted by atomic mass is 10.3. The Labute approximate surface area is 88.8 Å². The molecule has 0 unspecified atom stereocenters. The van der Waals surface area contributed by atoms with Crippen molar-refractivity contribution in [2.24, 2.45) is 5.73 Å². The van der Waals surface area contributed by atoms with Crippen molar-refractivity contribution >= 4 is 15.8 Å². The van der Waals surface area contributed by atoms with Crippen molar-refractivity contribution < 1.29 is 8.42 Å². The summed E-state index contributed by atoms with van der Waals surface area (Å²) in [5.74, 6) is 5.59. The van der Waals surface area contributed by atoms with Crippen LogP contribution < -0.4 is 10.5 Å². The van der Waals surface area contributed by atoms with Crippen molar-refractivity contribution in [1.82, 2.24) is 4.98 Å². The van der Waals surface area contributed by atoms with E-state index in [2.05, 4.69) is 21.5 Å². The van der Waals surface area contributed by atoms with Gasteiger partial charge < -0.3 is 5.73 Å². The molecular formula is C9H11N3O2S. The topological polar surface area (TPSA) is 85.1 Å². The molecule has 1 aromatic heterocycles. The van der Waals surface area contributed by atoms with E-state index in [1.807, 2.05) is 0 Å². The molecular weight excluding hydrogens is 214 g/mol. The van der Waals surface area contributed by atoms with Crippen LogP contribution in [0.2, 0.25) is 0 Å². The maximum Gasteiger partial charge on any atom is 0.230 e. The average Bonchev–Trinajstić information content (AvgIpc) is 2.12. The second-order valence-corrected chi connectivity index (χ2v) is 4.54. The number of sulfonamides is 1. The zero-order chi connectivity index (χ0) is 11.3. The van der Waals surface area contributed by atoms with Crippen LogP contribution >= 0.6 is 0 Å². The first-order valence-electron chi connectivity index (χ1n) is 4.15. The third-order valence-corrected chi connectivity index (χ3v) is 1.94. The molecule has 1 aromatic rings. The van der Waals surface area contributed by atoms with Crippen LogP contribution in [0.3, 0.4) is 0 Å². The highest BCUT2D eigenvalue weighted by Crippen LogP contribution is 2.05. The van der Waals surface area contributed by atoms with Crippen molar-refractivity contribution in [3.8, 4) is 11.8 Å². The summed E-state index contributed by atoms with van der Waals surface area (Å²) in [5.41, 5.74) is 5.68. The minimum absolute atomic E-state index is 0.241. The van der Waals surface area contributed by atoms with Crippen LogP contribution in [-0.4, -0.2) is 26.2 Å². The van der Waals surface area contributed by atoms with Gasteiger partial charge in [0, 0.05) is 0 Å². The fourth-order valence-electron chi connectivity index (χ4n) is 0.893. The highest BCUT2D eigenvalue weighted by Gasteiger charge is 2.02. The molecule has 0 fully saturated rings. The Morgan fingerprint density at radius 3 is 2.87 bits per heavy atom. The Morgan fingerprint density at radius 1 is 1.53 bits per heavy atom. The Balaban J connectivity index is 2.93. The van der Waals surface area contributed by atoms with Gasteiger partial charge in [-0.2, -0.15) is 0 Å². The summed E-state index contributed by atoms with van der Waals surface area (Å²) in [6, 6.07) is 4.89. The Hall–Kier alpha value is -1.58. The lowest BCUT2D eigenvalue weighted by Gasteiger charge is -2.01. The first kappa shape index (κ1) is 11.5. The molecule has 0 aliphatic carbocycles. The van der Waals surface area contributed by atoms with Crippen LogP contribution in [0.5, 0.6) is 0 Å². The smallest absolute Gasteiger partial charge is 0.230 e. The second-order valence-electron chi connectivity index (χ2n) is 2.79. The molecule has 15 heavy (non-hydrogen) atoms. The largest absolute Gasteiger partial charge is 0.320 e. The van der Waals surface area contributed by atoms with Crippen molar-refractivity contribution in [2.45, 2.75) is 0 Å².